The van der Waals surface area contributed by atoms with E-state index in [1.165, 1.54) is 11.9 Å². The number of anilines is 1. The van der Waals surface area contributed by atoms with Crippen molar-refractivity contribution in [3.63, 3.8) is 0 Å². The Kier molecular flexibility index (Phi) is 11.5. The Morgan fingerprint density at radius 2 is 1.87 bits per heavy atom. The van der Waals surface area contributed by atoms with Gasteiger partial charge in [-0.2, -0.15) is 13.2 Å². The number of alkyl halides is 3. The van der Waals surface area contributed by atoms with Gasteiger partial charge in [0, 0.05) is 56.1 Å². The molecule has 1 heterocycles. The molecule has 0 saturated carbocycles. The molecule has 11 heteroatoms. The number of likely N-dealkylation sites (N-methyl/N-ethyl adjacent to an activating group) is 1. The summed E-state index contributed by atoms with van der Waals surface area (Å²) in [6.07, 6.45) is -3.28. The van der Waals surface area contributed by atoms with Gasteiger partial charge in [-0.05, 0) is 20.4 Å². The van der Waals surface area contributed by atoms with E-state index in [2.05, 4.69) is 20.5 Å². The summed E-state index contributed by atoms with van der Waals surface area (Å²) in [5.41, 5.74) is 1.02. The van der Waals surface area contributed by atoms with Crippen LogP contribution in [0, 0.1) is 0 Å². The van der Waals surface area contributed by atoms with Crippen molar-refractivity contribution in [2.24, 2.45) is 4.99 Å². The molecular weight excluding hydrogens is 526 g/mol. The van der Waals surface area contributed by atoms with E-state index >= 15 is 0 Å². The van der Waals surface area contributed by atoms with E-state index < -0.39 is 12.7 Å². The maximum atomic E-state index is 12.4. The molecule has 31 heavy (non-hydrogen) atoms. The number of benzene rings is 1. The minimum atomic E-state index is -4.20. The first-order chi connectivity index (χ1) is 14.2. The first-order valence-corrected chi connectivity index (χ1v) is 10.0. The molecule has 7 nitrogen and oxygen atoms in total. The highest BCUT2D eigenvalue weighted by molar-refractivity contribution is 14.0. The lowest BCUT2D eigenvalue weighted by Crippen LogP contribution is -2.45. The Morgan fingerprint density at radius 3 is 2.42 bits per heavy atom. The van der Waals surface area contributed by atoms with Gasteiger partial charge in [0.1, 0.15) is 11.5 Å². The van der Waals surface area contributed by atoms with Gasteiger partial charge in [0.05, 0.1) is 27.3 Å². The number of rotatable bonds is 9. The van der Waals surface area contributed by atoms with Crippen molar-refractivity contribution in [2.75, 3.05) is 65.4 Å². The number of nitrogens with one attached hydrogen (secondary N) is 2. The Bertz CT molecular complexity index is 684. The van der Waals surface area contributed by atoms with E-state index in [1.807, 2.05) is 25.1 Å². The number of nitrogens with zero attached hydrogens (tertiary/aromatic N) is 3. The molecule has 0 spiro atoms. The summed E-state index contributed by atoms with van der Waals surface area (Å²) in [5, 5.41) is 6.55. The van der Waals surface area contributed by atoms with Crippen LogP contribution >= 0.6 is 24.0 Å². The van der Waals surface area contributed by atoms with E-state index in [0.29, 0.717) is 12.5 Å². The largest absolute Gasteiger partial charge is 0.497 e. The van der Waals surface area contributed by atoms with E-state index in [0.717, 1.165) is 36.7 Å². The number of aliphatic imine (C=N–C) groups is 1. The highest BCUT2D eigenvalue weighted by Gasteiger charge is 2.29. The highest BCUT2D eigenvalue weighted by atomic mass is 127. The number of halogens is 4. The smallest absolute Gasteiger partial charge is 0.401 e. The molecule has 0 aliphatic carbocycles. The summed E-state index contributed by atoms with van der Waals surface area (Å²) in [4.78, 5) is 7.89. The van der Waals surface area contributed by atoms with Crippen LogP contribution in [0.25, 0.3) is 0 Å². The van der Waals surface area contributed by atoms with Gasteiger partial charge in [0.15, 0.2) is 5.96 Å². The van der Waals surface area contributed by atoms with Gasteiger partial charge in [-0.3, -0.25) is 9.89 Å². The summed E-state index contributed by atoms with van der Waals surface area (Å²) in [7, 11) is 4.69. The molecule has 1 aliphatic rings. The molecular formula is C20H33F3IN5O2. The highest BCUT2D eigenvalue weighted by Crippen LogP contribution is 2.30. The Labute approximate surface area is 199 Å². The lowest BCUT2D eigenvalue weighted by molar-refractivity contribution is -0.142. The van der Waals surface area contributed by atoms with Crippen LogP contribution in [0.5, 0.6) is 11.5 Å². The van der Waals surface area contributed by atoms with Gasteiger partial charge in [-0.25, -0.2) is 0 Å². The zero-order valence-electron chi connectivity index (χ0n) is 18.5. The third-order valence-corrected chi connectivity index (χ3v) is 4.78. The molecule has 1 aromatic carbocycles. The second kappa shape index (κ2) is 13.0. The number of ether oxygens (including phenoxy) is 2. The number of guanidine groups is 1. The normalized spacial score (nSPS) is 16.8. The first kappa shape index (κ1) is 27.4. The second-order valence-corrected chi connectivity index (χ2v) is 7.26. The molecule has 1 atom stereocenters. The molecule has 0 radical (unpaired) electrons. The van der Waals surface area contributed by atoms with E-state index in [4.69, 9.17) is 9.47 Å². The van der Waals surface area contributed by atoms with E-state index in [9.17, 15) is 13.2 Å². The van der Waals surface area contributed by atoms with E-state index in [-0.39, 0.29) is 43.1 Å². The molecule has 2 N–H and O–H groups in total. The van der Waals surface area contributed by atoms with Gasteiger partial charge in [-0.1, -0.05) is 0 Å². The number of hydrogen-bond donors (Lipinski definition) is 2. The zero-order chi connectivity index (χ0) is 22.1. The summed E-state index contributed by atoms with van der Waals surface area (Å²) in [6.45, 7) is 3.84. The topological polar surface area (TPSA) is 61.4 Å². The van der Waals surface area contributed by atoms with Crippen LogP contribution < -0.4 is 25.0 Å². The third kappa shape index (κ3) is 9.58. The van der Waals surface area contributed by atoms with Crippen LogP contribution in [0.15, 0.2) is 23.2 Å². The SMILES string of the molecule is CCNC(=NCCN(C)CC(F)(F)F)NC1CCN(c2cc(OC)cc(OC)c2)C1.I. The van der Waals surface area contributed by atoms with Gasteiger partial charge in [0.2, 0.25) is 0 Å². The fraction of sp³-hybridized carbons (Fsp3) is 0.650. The molecule has 1 saturated heterocycles. The van der Waals surface area contributed by atoms with Crippen LogP contribution in [0.4, 0.5) is 18.9 Å². The fourth-order valence-electron chi connectivity index (χ4n) is 3.32. The summed E-state index contributed by atoms with van der Waals surface area (Å²) >= 11 is 0. The molecule has 2 rings (SSSR count). The monoisotopic (exact) mass is 559 g/mol. The Balaban J connectivity index is 0.00000480. The third-order valence-electron chi connectivity index (χ3n) is 4.78. The van der Waals surface area contributed by atoms with Crippen molar-refractivity contribution in [1.82, 2.24) is 15.5 Å². The predicted octanol–water partition coefficient (Wildman–Crippen LogP) is 2.95. The predicted molar refractivity (Wildman–Crippen MR) is 128 cm³/mol. The van der Waals surface area contributed by atoms with Gasteiger partial charge < -0.3 is 25.0 Å². The first-order valence-electron chi connectivity index (χ1n) is 10.0. The number of hydrogen-bond acceptors (Lipinski definition) is 5. The summed E-state index contributed by atoms with van der Waals surface area (Å²) < 4.78 is 48.0. The quantitative estimate of drug-likeness (QED) is 0.276. The average molecular weight is 559 g/mol. The van der Waals surface area contributed by atoms with Crippen LogP contribution in [0.1, 0.15) is 13.3 Å². The number of methoxy groups -OCH3 is 2. The molecule has 1 aromatic rings. The molecule has 0 amide bonds. The van der Waals surface area contributed by atoms with Gasteiger partial charge in [0.25, 0.3) is 0 Å². The van der Waals surface area contributed by atoms with Crippen LogP contribution in [0.3, 0.4) is 0 Å². The minimum absolute atomic E-state index is 0. The standard InChI is InChI=1S/C20H32F3N5O2.HI/c1-5-24-19(25-7-9-27(2)14-20(21,22)23)26-15-6-8-28(13-15)16-10-17(29-3)12-18(11-16)30-4;/h10-12,15H,5-9,13-14H2,1-4H3,(H2,24,25,26);1H. The lowest BCUT2D eigenvalue weighted by atomic mass is 10.2. The zero-order valence-corrected chi connectivity index (χ0v) is 20.8. The van der Waals surface area contributed by atoms with Crippen LogP contribution in [0.2, 0.25) is 0 Å². The van der Waals surface area contributed by atoms with Crippen molar-refractivity contribution in [3.8, 4) is 11.5 Å². The van der Waals surface area contributed by atoms with Gasteiger partial charge in [-0.15, -0.1) is 24.0 Å². The minimum Gasteiger partial charge on any atom is -0.497 e. The molecule has 0 bridgehead atoms. The maximum absolute atomic E-state index is 12.4. The Morgan fingerprint density at radius 1 is 1.23 bits per heavy atom. The maximum Gasteiger partial charge on any atom is 0.401 e. The molecule has 1 fully saturated rings. The van der Waals surface area contributed by atoms with Gasteiger partial charge >= 0.3 is 6.18 Å². The van der Waals surface area contributed by atoms with Crippen LogP contribution in [-0.2, 0) is 0 Å². The van der Waals surface area contributed by atoms with Crippen molar-refractivity contribution >= 4 is 35.6 Å². The molecule has 1 aliphatic heterocycles. The van der Waals surface area contributed by atoms with Crippen molar-refractivity contribution < 1.29 is 22.6 Å². The Hall–Kier alpha value is -1.63. The molecule has 1 unspecified atom stereocenters. The van der Waals surface area contributed by atoms with Crippen LogP contribution in [-0.4, -0.2) is 83.6 Å². The molecule has 178 valence electrons. The van der Waals surface area contributed by atoms with E-state index in [1.54, 1.807) is 14.2 Å². The average Bonchev–Trinajstić information content (AvgIpc) is 3.14. The summed E-state index contributed by atoms with van der Waals surface area (Å²) in [6, 6.07) is 5.95. The molecule has 0 aromatic heterocycles. The van der Waals surface area contributed by atoms with Crippen molar-refractivity contribution in [3.05, 3.63) is 18.2 Å². The summed E-state index contributed by atoms with van der Waals surface area (Å²) in [5.74, 6) is 2.09. The van der Waals surface area contributed by atoms with Crippen molar-refractivity contribution in [2.45, 2.75) is 25.6 Å². The second-order valence-electron chi connectivity index (χ2n) is 7.26. The van der Waals surface area contributed by atoms with Crippen molar-refractivity contribution in [1.29, 1.82) is 0 Å². The fourth-order valence-corrected chi connectivity index (χ4v) is 3.32. The lowest BCUT2D eigenvalue weighted by Gasteiger charge is -2.22.